The van der Waals surface area contributed by atoms with E-state index in [1.54, 1.807) is 60.7 Å². The van der Waals surface area contributed by atoms with Gasteiger partial charge < -0.3 is 0 Å². The summed E-state index contributed by atoms with van der Waals surface area (Å²) in [6.45, 7) is 3.62. The molecular formula is C23H22O6. The molecule has 0 unspecified atom stereocenters. The molecule has 150 valence electrons. The molecule has 0 spiro atoms. The summed E-state index contributed by atoms with van der Waals surface area (Å²) in [7, 11) is 0. The van der Waals surface area contributed by atoms with Gasteiger partial charge in [-0.15, -0.1) is 0 Å². The smallest absolute Gasteiger partial charge is 0.251 e. The molecule has 0 aromatic heterocycles. The minimum absolute atomic E-state index is 0.318. The molecule has 0 saturated heterocycles. The summed E-state index contributed by atoms with van der Waals surface area (Å²) in [5.41, 5.74) is 0.987. The van der Waals surface area contributed by atoms with Gasteiger partial charge in [-0.05, 0) is 43.7 Å². The molecule has 0 atom stereocenters. The lowest BCUT2D eigenvalue weighted by Gasteiger charge is -2.20. The van der Waals surface area contributed by atoms with Crippen molar-refractivity contribution in [2.75, 3.05) is 0 Å². The maximum atomic E-state index is 11.5. The van der Waals surface area contributed by atoms with Gasteiger partial charge >= 0.3 is 11.9 Å². The predicted molar refractivity (Wildman–Crippen MR) is 107 cm³/mol. The Balaban J connectivity index is 0.000000234. The zero-order valence-electron chi connectivity index (χ0n) is 16.1. The molecule has 3 aromatic rings. The topological polar surface area (TPSA) is 82.1 Å². The van der Waals surface area contributed by atoms with E-state index in [1.165, 1.54) is 0 Å². The minimum atomic E-state index is -0.708. The summed E-state index contributed by atoms with van der Waals surface area (Å²) in [6.07, 6.45) is 0. The average Bonchev–Trinajstić information content (AvgIpc) is 2.79. The molecule has 0 amide bonds. The Labute approximate surface area is 169 Å². The van der Waals surface area contributed by atoms with Crippen LogP contribution in [0.1, 0.15) is 40.1 Å². The molecule has 1 N–H and O–H groups in total. The Morgan fingerprint density at radius 3 is 1.34 bits per heavy atom. The maximum Gasteiger partial charge on any atom is 0.386 e. The second kappa shape index (κ2) is 10.8. The SMILES string of the molecule is CC(C)(OO)c1ccccc1.O=C(OOC(=O)c1ccccc1)c1ccccc1. The third-order valence-electron chi connectivity index (χ3n) is 3.91. The quantitative estimate of drug-likeness (QED) is 0.494. The minimum Gasteiger partial charge on any atom is -0.251 e. The third kappa shape index (κ3) is 6.88. The summed E-state index contributed by atoms with van der Waals surface area (Å²) >= 11 is 0. The van der Waals surface area contributed by atoms with E-state index in [2.05, 4.69) is 14.7 Å². The van der Waals surface area contributed by atoms with Gasteiger partial charge in [0.15, 0.2) is 0 Å². The number of carbonyl (C=O) groups is 2. The normalized spacial score (nSPS) is 10.3. The van der Waals surface area contributed by atoms with Crippen molar-refractivity contribution in [2.45, 2.75) is 19.4 Å². The van der Waals surface area contributed by atoms with Crippen molar-refractivity contribution in [2.24, 2.45) is 0 Å². The molecule has 0 aliphatic heterocycles. The van der Waals surface area contributed by atoms with Crippen molar-refractivity contribution in [3.63, 3.8) is 0 Å². The molecule has 6 heteroatoms. The van der Waals surface area contributed by atoms with E-state index >= 15 is 0 Å². The molecule has 0 saturated carbocycles. The zero-order chi connectivity index (χ0) is 21.1. The van der Waals surface area contributed by atoms with E-state index in [4.69, 9.17) is 5.26 Å². The Morgan fingerprint density at radius 2 is 1.00 bits per heavy atom. The highest BCUT2D eigenvalue weighted by Gasteiger charge is 2.20. The maximum absolute atomic E-state index is 11.5. The summed E-state index contributed by atoms with van der Waals surface area (Å²) in [5.74, 6) is -1.42. The molecule has 6 nitrogen and oxygen atoms in total. The van der Waals surface area contributed by atoms with Crippen LogP contribution in [0.2, 0.25) is 0 Å². The lowest BCUT2D eigenvalue weighted by molar-refractivity contribution is -0.318. The van der Waals surface area contributed by atoms with E-state index in [1.807, 2.05) is 44.2 Å². The molecule has 29 heavy (non-hydrogen) atoms. The van der Waals surface area contributed by atoms with Gasteiger partial charge in [0, 0.05) is 0 Å². The Morgan fingerprint density at radius 1 is 0.655 bits per heavy atom. The number of benzene rings is 3. The van der Waals surface area contributed by atoms with Crippen LogP contribution >= 0.6 is 0 Å². The second-order valence-electron chi connectivity index (χ2n) is 6.44. The van der Waals surface area contributed by atoms with Crippen LogP contribution in [0.5, 0.6) is 0 Å². The van der Waals surface area contributed by atoms with Gasteiger partial charge in [0.05, 0.1) is 11.1 Å². The van der Waals surface area contributed by atoms with E-state index in [0.29, 0.717) is 11.1 Å². The van der Waals surface area contributed by atoms with Crippen molar-refractivity contribution in [1.29, 1.82) is 0 Å². The first kappa shape index (κ1) is 21.8. The van der Waals surface area contributed by atoms with Crippen LogP contribution in [-0.4, -0.2) is 17.2 Å². The van der Waals surface area contributed by atoms with Crippen LogP contribution < -0.4 is 0 Å². The number of rotatable bonds is 4. The molecule has 0 bridgehead atoms. The lowest BCUT2D eigenvalue weighted by atomic mass is 9.99. The van der Waals surface area contributed by atoms with Crippen molar-refractivity contribution < 1.29 is 29.5 Å². The first-order valence-electron chi connectivity index (χ1n) is 8.85. The first-order valence-corrected chi connectivity index (χ1v) is 8.85. The standard InChI is InChI=1S/C14H10O4.C9H12O2/c15-13(11-7-3-1-4-8-11)17-18-14(16)12-9-5-2-6-10-12;1-9(2,11-10)8-6-4-3-5-7-8/h1-10H;3-7,10H,1-2H3. The highest BCUT2D eigenvalue weighted by molar-refractivity contribution is 5.92. The molecule has 3 aromatic carbocycles. The Bertz CT molecular complexity index is 841. The first-order chi connectivity index (χ1) is 13.9. The second-order valence-corrected chi connectivity index (χ2v) is 6.44. The van der Waals surface area contributed by atoms with Crippen molar-refractivity contribution in [3.05, 3.63) is 108 Å². The fourth-order valence-electron chi connectivity index (χ4n) is 2.21. The van der Waals surface area contributed by atoms with Gasteiger partial charge in [-0.25, -0.2) is 24.3 Å². The lowest BCUT2D eigenvalue weighted by Crippen LogP contribution is -2.19. The Kier molecular flexibility index (Phi) is 8.09. The summed E-state index contributed by atoms with van der Waals surface area (Å²) in [5, 5.41) is 8.55. The highest BCUT2D eigenvalue weighted by Crippen LogP contribution is 2.22. The molecule has 0 aliphatic carbocycles. The predicted octanol–water partition coefficient (Wildman–Crippen LogP) is 5.03. The van der Waals surface area contributed by atoms with E-state index in [9.17, 15) is 9.59 Å². The van der Waals surface area contributed by atoms with Gasteiger partial charge in [-0.2, -0.15) is 0 Å². The monoisotopic (exact) mass is 394 g/mol. The van der Waals surface area contributed by atoms with Crippen molar-refractivity contribution >= 4 is 11.9 Å². The van der Waals surface area contributed by atoms with Crippen LogP contribution in [0.15, 0.2) is 91.0 Å². The molecular weight excluding hydrogens is 372 g/mol. The van der Waals surface area contributed by atoms with Crippen LogP contribution in [0.3, 0.4) is 0 Å². The van der Waals surface area contributed by atoms with Gasteiger partial charge in [-0.3, -0.25) is 5.26 Å². The fourth-order valence-corrected chi connectivity index (χ4v) is 2.21. The largest absolute Gasteiger partial charge is 0.386 e. The zero-order valence-corrected chi connectivity index (χ0v) is 16.1. The van der Waals surface area contributed by atoms with Crippen LogP contribution in [0, 0.1) is 0 Å². The fraction of sp³-hybridized carbons (Fsp3) is 0.130. The number of carbonyl (C=O) groups excluding carboxylic acids is 2. The van der Waals surface area contributed by atoms with E-state index in [-0.39, 0.29) is 0 Å². The van der Waals surface area contributed by atoms with Gasteiger partial charge in [0.1, 0.15) is 5.60 Å². The number of hydrogen-bond donors (Lipinski definition) is 1. The van der Waals surface area contributed by atoms with E-state index < -0.39 is 17.5 Å². The average molecular weight is 394 g/mol. The number of hydrogen-bond acceptors (Lipinski definition) is 6. The molecule has 0 aliphatic rings. The van der Waals surface area contributed by atoms with Gasteiger partial charge in [0.2, 0.25) is 0 Å². The highest BCUT2D eigenvalue weighted by atomic mass is 17.2. The summed E-state index contributed by atoms with van der Waals surface area (Å²) in [4.78, 5) is 36.2. The summed E-state index contributed by atoms with van der Waals surface area (Å²) in [6, 6.07) is 26.2. The molecule has 0 heterocycles. The van der Waals surface area contributed by atoms with E-state index in [0.717, 1.165) is 5.56 Å². The van der Waals surface area contributed by atoms with Crippen LogP contribution in [0.25, 0.3) is 0 Å². The summed E-state index contributed by atoms with van der Waals surface area (Å²) < 4.78 is 0. The van der Waals surface area contributed by atoms with Crippen LogP contribution in [0.4, 0.5) is 0 Å². The molecule has 0 fully saturated rings. The Hall–Kier alpha value is -3.48. The van der Waals surface area contributed by atoms with Crippen molar-refractivity contribution in [3.8, 4) is 0 Å². The van der Waals surface area contributed by atoms with Crippen LogP contribution in [-0.2, 0) is 20.3 Å². The third-order valence-corrected chi connectivity index (χ3v) is 3.91. The van der Waals surface area contributed by atoms with Crippen molar-refractivity contribution in [1.82, 2.24) is 0 Å². The van der Waals surface area contributed by atoms with Gasteiger partial charge in [0.25, 0.3) is 0 Å². The molecule has 3 rings (SSSR count). The molecule has 0 radical (unpaired) electrons. The van der Waals surface area contributed by atoms with Gasteiger partial charge in [-0.1, -0.05) is 66.7 Å².